The first-order valence-corrected chi connectivity index (χ1v) is 7.08. The number of rotatable bonds is 5. The topological polar surface area (TPSA) is 105 Å². The zero-order valence-corrected chi connectivity index (χ0v) is 12.0. The van der Waals surface area contributed by atoms with Crippen LogP contribution in [0.3, 0.4) is 0 Å². The van der Waals surface area contributed by atoms with Crippen molar-refractivity contribution in [3.05, 3.63) is 23.8 Å². The minimum absolute atomic E-state index is 0.00625. The Bertz CT molecular complexity index is 648. The van der Waals surface area contributed by atoms with E-state index in [0.717, 1.165) is 7.11 Å². The summed E-state index contributed by atoms with van der Waals surface area (Å²) in [7, 11) is -1.60. The predicted molar refractivity (Wildman–Crippen MR) is 71.7 cm³/mol. The van der Waals surface area contributed by atoms with Crippen molar-refractivity contribution in [3.63, 3.8) is 0 Å². The lowest BCUT2D eigenvalue weighted by Gasteiger charge is -2.16. The van der Waals surface area contributed by atoms with Crippen molar-refractivity contribution in [2.75, 3.05) is 18.9 Å². The van der Waals surface area contributed by atoms with Crippen molar-refractivity contribution in [3.8, 4) is 11.8 Å². The molecule has 108 valence electrons. The molecule has 1 aromatic rings. The van der Waals surface area contributed by atoms with Gasteiger partial charge in [0.05, 0.1) is 19.8 Å². The van der Waals surface area contributed by atoms with E-state index in [2.05, 4.69) is 9.46 Å². The zero-order chi connectivity index (χ0) is 15.3. The smallest absolute Gasteiger partial charge is 0.325 e. The molecule has 0 heterocycles. The SMILES string of the molecule is COC(=O)C(C)S(=O)(=O)Nc1c(C#N)cccc1OC. The molecule has 1 unspecified atom stereocenters. The molecule has 0 aliphatic carbocycles. The number of methoxy groups -OCH3 is 2. The third kappa shape index (κ3) is 3.19. The quantitative estimate of drug-likeness (QED) is 0.808. The maximum absolute atomic E-state index is 12.1. The van der Waals surface area contributed by atoms with Gasteiger partial charge in [0.15, 0.2) is 5.25 Å². The molecule has 0 aromatic heterocycles. The summed E-state index contributed by atoms with van der Waals surface area (Å²) in [5, 5.41) is 7.58. The Morgan fingerprint density at radius 3 is 2.55 bits per heavy atom. The van der Waals surface area contributed by atoms with Crippen molar-refractivity contribution in [2.45, 2.75) is 12.2 Å². The van der Waals surface area contributed by atoms with Crippen LogP contribution in [0.15, 0.2) is 18.2 Å². The Labute approximate surface area is 117 Å². The molecular formula is C12H14N2O5S. The average Bonchev–Trinajstić information content (AvgIpc) is 2.45. The molecule has 1 rings (SSSR count). The first-order chi connectivity index (χ1) is 9.37. The minimum Gasteiger partial charge on any atom is -0.495 e. The van der Waals surface area contributed by atoms with E-state index in [0.29, 0.717) is 0 Å². The van der Waals surface area contributed by atoms with Crippen LogP contribution in [0.2, 0.25) is 0 Å². The maximum atomic E-state index is 12.1. The highest BCUT2D eigenvalue weighted by Gasteiger charge is 2.30. The highest BCUT2D eigenvalue weighted by Crippen LogP contribution is 2.29. The van der Waals surface area contributed by atoms with Crippen molar-refractivity contribution in [1.29, 1.82) is 5.26 Å². The van der Waals surface area contributed by atoms with Gasteiger partial charge in [-0.05, 0) is 19.1 Å². The van der Waals surface area contributed by atoms with Gasteiger partial charge in [-0.25, -0.2) is 8.42 Å². The summed E-state index contributed by atoms with van der Waals surface area (Å²) in [5.41, 5.74) is 0.0817. The van der Waals surface area contributed by atoms with Crippen molar-refractivity contribution in [1.82, 2.24) is 0 Å². The van der Waals surface area contributed by atoms with Gasteiger partial charge >= 0.3 is 5.97 Å². The van der Waals surface area contributed by atoms with Crippen LogP contribution in [-0.4, -0.2) is 33.9 Å². The molecule has 0 saturated heterocycles. The van der Waals surface area contributed by atoms with Gasteiger partial charge in [-0.3, -0.25) is 9.52 Å². The number of esters is 1. The van der Waals surface area contributed by atoms with Gasteiger partial charge in [-0.2, -0.15) is 5.26 Å². The van der Waals surface area contributed by atoms with Gasteiger partial charge in [0.2, 0.25) is 10.0 Å². The summed E-state index contributed by atoms with van der Waals surface area (Å²) in [6, 6.07) is 6.34. The number of ether oxygens (including phenoxy) is 2. The number of carbonyl (C=O) groups is 1. The van der Waals surface area contributed by atoms with Crippen molar-refractivity contribution in [2.24, 2.45) is 0 Å². The van der Waals surface area contributed by atoms with Crippen LogP contribution in [0, 0.1) is 11.3 Å². The summed E-state index contributed by atoms with van der Waals surface area (Å²) in [4.78, 5) is 11.3. The molecule has 20 heavy (non-hydrogen) atoms. The second kappa shape index (κ2) is 6.25. The van der Waals surface area contributed by atoms with Crippen molar-refractivity contribution >= 4 is 21.7 Å². The molecule has 0 radical (unpaired) electrons. The number of hydrogen-bond acceptors (Lipinski definition) is 6. The van der Waals surface area contributed by atoms with E-state index in [1.54, 1.807) is 6.07 Å². The lowest BCUT2D eigenvalue weighted by atomic mass is 10.2. The summed E-state index contributed by atoms with van der Waals surface area (Å²) < 4.78 is 35.7. The highest BCUT2D eigenvalue weighted by atomic mass is 32.2. The normalized spacial score (nSPS) is 12.1. The number of para-hydroxylation sites is 1. The largest absolute Gasteiger partial charge is 0.495 e. The average molecular weight is 298 g/mol. The van der Waals surface area contributed by atoms with Gasteiger partial charge in [0.1, 0.15) is 17.5 Å². The molecule has 1 N–H and O–H groups in total. The highest BCUT2D eigenvalue weighted by molar-refractivity contribution is 7.94. The number of sulfonamides is 1. The second-order valence-corrected chi connectivity index (χ2v) is 5.81. The van der Waals surface area contributed by atoms with E-state index >= 15 is 0 Å². The molecule has 0 fully saturated rings. The van der Waals surface area contributed by atoms with Crippen LogP contribution in [0.5, 0.6) is 5.75 Å². The summed E-state index contributed by atoms with van der Waals surface area (Å²) in [5.74, 6) is -0.712. The predicted octanol–water partition coefficient (Wildman–Crippen LogP) is 0.870. The molecule has 0 bridgehead atoms. The van der Waals surface area contributed by atoms with Gasteiger partial charge in [-0.1, -0.05) is 6.07 Å². The van der Waals surface area contributed by atoms with Crippen LogP contribution in [-0.2, 0) is 19.6 Å². The second-order valence-electron chi connectivity index (χ2n) is 3.81. The first-order valence-electron chi connectivity index (χ1n) is 5.54. The van der Waals surface area contributed by atoms with E-state index in [1.165, 1.54) is 26.2 Å². The van der Waals surface area contributed by atoms with Crippen LogP contribution in [0.25, 0.3) is 0 Å². The number of carbonyl (C=O) groups excluding carboxylic acids is 1. The maximum Gasteiger partial charge on any atom is 0.325 e. The molecule has 0 spiro atoms. The Hall–Kier alpha value is -2.27. The fraction of sp³-hybridized carbons (Fsp3) is 0.333. The lowest BCUT2D eigenvalue weighted by molar-refractivity contribution is -0.139. The molecular weight excluding hydrogens is 284 g/mol. The van der Waals surface area contributed by atoms with E-state index in [9.17, 15) is 13.2 Å². The van der Waals surface area contributed by atoms with Crippen molar-refractivity contribution < 1.29 is 22.7 Å². The van der Waals surface area contributed by atoms with Gasteiger partial charge in [0, 0.05) is 0 Å². The van der Waals surface area contributed by atoms with Crippen LogP contribution in [0.4, 0.5) is 5.69 Å². The fourth-order valence-corrected chi connectivity index (χ4v) is 2.44. The van der Waals surface area contributed by atoms with E-state index in [-0.39, 0.29) is 17.0 Å². The zero-order valence-electron chi connectivity index (χ0n) is 11.2. The first kappa shape index (κ1) is 15.8. The summed E-state index contributed by atoms with van der Waals surface area (Å²) >= 11 is 0. The molecule has 1 atom stereocenters. The fourth-order valence-electron chi connectivity index (χ4n) is 1.42. The third-order valence-electron chi connectivity index (χ3n) is 2.61. The monoisotopic (exact) mass is 298 g/mol. The Kier molecular flexibility index (Phi) is 4.94. The Balaban J connectivity index is 3.23. The molecule has 0 aliphatic heterocycles. The Morgan fingerprint density at radius 2 is 2.05 bits per heavy atom. The number of nitriles is 1. The van der Waals surface area contributed by atoms with Gasteiger partial charge in [-0.15, -0.1) is 0 Å². The summed E-state index contributed by atoms with van der Waals surface area (Å²) in [6.45, 7) is 1.19. The third-order valence-corrected chi connectivity index (χ3v) is 4.22. The lowest BCUT2D eigenvalue weighted by Crippen LogP contribution is -2.33. The van der Waals surface area contributed by atoms with Crippen LogP contribution in [0.1, 0.15) is 12.5 Å². The van der Waals surface area contributed by atoms with E-state index < -0.39 is 21.2 Å². The molecule has 8 heteroatoms. The molecule has 1 aromatic carbocycles. The molecule has 7 nitrogen and oxygen atoms in total. The van der Waals surface area contributed by atoms with Crippen LogP contribution >= 0.6 is 0 Å². The molecule has 0 aliphatic rings. The number of hydrogen-bond donors (Lipinski definition) is 1. The van der Waals surface area contributed by atoms with Crippen LogP contribution < -0.4 is 9.46 Å². The van der Waals surface area contributed by atoms with E-state index in [4.69, 9.17) is 10.00 Å². The van der Waals surface area contributed by atoms with E-state index in [1.807, 2.05) is 6.07 Å². The van der Waals surface area contributed by atoms with Gasteiger partial charge < -0.3 is 9.47 Å². The molecule has 0 amide bonds. The van der Waals surface area contributed by atoms with Gasteiger partial charge in [0.25, 0.3) is 0 Å². The number of nitrogens with zero attached hydrogens (tertiary/aromatic N) is 1. The standard InChI is InChI=1S/C12H14N2O5S/c1-8(12(15)19-3)20(16,17)14-11-9(7-13)5-4-6-10(11)18-2/h4-6,8,14H,1-3H3. The minimum atomic E-state index is -4.05. The summed E-state index contributed by atoms with van der Waals surface area (Å²) in [6.07, 6.45) is 0. The Morgan fingerprint density at radius 1 is 1.40 bits per heavy atom. The number of benzene rings is 1. The molecule has 0 saturated carbocycles. The number of nitrogens with one attached hydrogen (secondary N) is 1. The number of anilines is 1.